The summed E-state index contributed by atoms with van der Waals surface area (Å²) < 4.78 is 30.5. The molecule has 2 rings (SSSR count). The summed E-state index contributed by atoms with van der Waals surface area (Å²) in [5.74, 6) is -1.27. The normalized spacial score (nSPS) is 11.8. The Morgan fingerprint density at radius 1 is 1.00 bits per heavy atom. The zero-order valence-corrected chi connectivity index (χ0v) is 10.8. The van der Waals surface area contributed by atoms with E-state index >= 15 is 0 Å². The van der Waals surface area contributed by atoms with Gasteiger partial charge in [0.2, 0.25) is 0 Å². The van der Waals surface area contributed by atoms with Gasteiger partial charge in [0, 0.05) is 5.69 Å². The van der Waals surface area contributed by atoms with Gasteiger partial charge in [-0.05, 0) is 42.0 Å². The van der Waals surface area contributed by atoms with Crippen LogP contribution in [-0.2, 0) is 9.53 Å². The lowest BCUT2D eigenvalue weighted by Gasteiger charge is -2.18. The van der Waals surface area contributed by atoms with Gasteiger partial charge in [-0.3, -0.25) is 0 Å². The molecule has 0 aliphatic rings. The maximum Gasteiger partial charge on any atom is 0.332 e. The molecule has 0 aliphatic carbocycles. The van der Waals surface area contributed by atoms with E-state index in [-0.39, 0.29) is 11.6 Å². The van der Waals surface area contributed by atoms with E-state index < -0.39 is 12.0 Å². The second-order valence-corrected chi connectivity index (χ2v) is 4.16. The molecule has 2 aromatic rings. The summed E-state index contributed by atoms with van der Waals surface area (Å²) in [6.07, 6.45) is 0. The number of esters is 1. The van der Waals surface area contributed by atoms with Crippen LogP contribution in [0.5, 0.6) is 0 Å². The molecule has 0 radical (unpaired) electrons. The third kappa shape index (κ3) is 3.32. The Labute approximate surface area is 115 Å². The van der Waals surface area contributed by atoms with E-state index in [1.165, 1.54) is 55.6 Å². The third-order valence-electron chi connectivity index (χ3n) is 2.80. The van der Waals surface area contributed by atoms with E-state index in [1.54, 1.807) is 0 Å². The molecular formula is C15H13F2NO2. The number of hydrogen-bond acceptors (Lipinski definition) is 3. The summed E-state index contributed by atoms with van der Waals surface area (Å²) in [4.78, 5) is 11.8. The molecule has 0 spiro atoms. The van der Waals surface area contributed by atoms with Crippen LogP contribution in [0.25, 0.3) is 0 Å². The molecule has 3 nitrogen and oxygen atoms in total. The molecule has 104 valence electrons. The monoisotopic (exact) mass is 277 g/mol. The number of hydrogen-bond donors (Lipinski definition) is 1. The summed E-state index contributed by atoms with van der Waals surface area (Å²) in [5.41, 5.74) is 1.12. The summed E-state index contributed by atoms with van der Waals surface area (Å²) >= 11 is 0. The van der Waals surface area contributed by atoms with Gasteiger partial charge in [0.25, 0.3) is 0 Å². The number of anilines is 1. The maximum atomic E-state index is 12.9. The number of carbonyl (C=O) groups is 1. The molecule has 0 heterocycles. The fourth-order valence-electron chi connectivity index (χ4n) is 1.76. The summed E-state index contributed by atoms with van der Waals surface area (Å²) in [6.45, 7) is 0. The second-order valence-electron chi connectivity index (χ2n) is 4.16. The summed E-state index contributed by atoms with van der Waals surface area (Å²) in [6, 6.07) is 10.3. The molecule has 0 saturated heterocycles. The standard InChI is InChI=1S/C15H13F2NO2/c1-20-15(19)14(10-2-4-11(16)5-3-10)18-13-8-6-12(17)7-9-13/h2-9,14,18H,1H3. The Bertz CT molecular complexity index is 582. The lowest BCUT2D eigenvalue weighted by Crippen LogP contribution is -2.22. The number of nitrogens with one attached hydrogen (secondary N) is 1. The number of rotatable bonds is 4. The van der Waals surface area contributed by atoms with Gasteiger partial charge in [-0.25, -0.2) is 13.6 Å². The number of methoxy groups -OCH3 is 1. The van der Waals surface area contributed by atoms with Crippen LogP contribution in [0.15, 0.2) is 48.5 Å². The maximum absolute atomic E-state index is 12.9. The van der Waals surface area contributed by atoms with Crippen LogP contribution in [0.1, 0.15) is 11.6 Å². The Kier molecular flexibility index (Phi) is 4.30. The zero-order valence-electron chi connectivity index (χ0n) is 10.8. The van der Waals surface area contributed by atoms with Gasteiger partial charge in [-0.15, -0.1) is 0 Å². The van der Waals surface area contributed by atoms with Crippen molar-refractivity contribution in [3.05, 3.63) is 65.7 Å². The molecule has 1 unspecified atom stereocenters. The average Bonchev–Trinajstić information content (AvgIpc) is 2.47. The molecule has 2 aromatic carbocycles. The van der Waals surface area contributed by atoms with E-state index in [0.29, 0.717) is 11.3 Å². The van der Waals surface area contributed by atoms with Crippen LogP contribution in [0.2, 0.25) is 0 Å². The first-order valence-electron chi connectivity index (χ1n) is 5.95. The summed E-state index contributed by atoms with van der Waals surface area (Å²) in [7, 11) is 1.27. The first kappa shape index (κ1) is 14.0. The third-order valence-corrected chi connectivity index (χ3v) is 2.80. The van der Waals surface area contributed by atoms with Crippen molar-refractivity contribution in [1.82, 2.24) is 0 Å². The van der Waals surface area contributed by atoms with Gasteiger partial charge in [0.1, 0.15) is 11.6 Å². The van der Waals surface area contributed by atoms with E-state index in [4.69, 9.17) is 4.74 Å². The van der Waals surface area contributed by atoms with Crippen LogP contribution < -0.4 is 5.32 Å². The van der Waals surface area contributed by atoms with Crippen molar-refractivity contribution in [2.24, 2.45) is 0 Å². The molecule has 0 aliphatic heterocycles. The molecule has 1 atom stereocenters. The highest BCUT2D eigenvalue weighted by atomic mass is 19.1. The predicted octanol–water partition coefficient (Wildman–Crippen LogP) is 3.29. The average molecular weight is 277 g/mol. The first-order chi connectivity index (χ1) is 9.60. The van der Waals surface area contributed by atoms with E-state index in [9.17, 15) is 13.6 Å². The van der Waals surface area contributed by atoms with Crippen molar-refractivity contribution >= 4 is 11.7 Å². The van der Waals surface area contributed by atoms with Crippen LogP contribution in [-0.4, -0.2) is 13.1 Å². The highest BCUT2D eigenvalue weighted by Gasteiger charge is 2.21. The minimum absolute atomic E-state index is 0.369. The lowest BCUT2D eigenvalue weighted by atomic mass is 10.1. The Morgan fingerprint density at radius 3 is 2.00 bits per heavy atom. The lowest BCUT2D eigenvalue weighted by molar-refractivity contribution is -0.141. The quantitative estimate of drug-likeness (QED) is 0.871. The number of halogens is 2. The molecule has 0 aromatic heterocycles. The Morgan fingerprint density at radius 2 is 1.50 bits per heavy atom. The van der Waals surface area contributed by atoms with Gasteiger partial charge < -0.3 is 10.1 Å². The highest BCUT2D eigenvalue weighted by Crippen LogP contribution is 2.21. The van der Waals surface area contributed by atoms with E-state index in [2.05, 4.69) is 5.32 Å². The largest absolute Gasteiger partial charge is 0.467 e. The molecule has 20 heavy (non-hydrogen) atoms. The number of benzene rings is 2. The molecule has 1 N–H and O–H groups in total. The highest BCUT2D eigenvalue weighted by molar-refractivity contribution is 5.81. The van der Waals surface area contributed by atoms with Gasteiger partial charge in [0.05, 0.1) is 7.11 Å². The van der Waals surface area contributed by atoms with Crippen LogP contribution >= 0.6 is 0 Å². The molecule has 0 fully saturated rings. The zero-order chi connectivity index (χ0) is 14.5. The Balaban J connectivity index is 2.26. The van der Waals surface area contributed by atoms with Crippen molar-refractivity contribution < 1.29 is 18.3 Å². The first-order valence-corrected chi connectivity index (χ1v) is 5.95. The molecule has 0 saturated carbocycles. The smallest absolute Gasteiger partial charge is 0.332 e. The second kappa shape index (κ2) is 6.14. The van der Waals surface area contributed by atoms with Gasteiger partial charge in [0.15, 0.2) is 6.04 Å². The van der Waals surface area contributed by atoms with Crippen LogP contribution in [0.4, 0.5) is 14.5 Å². The Hall–Kier alpha value is -2.43. The fourth-order valence-corrected chi connectivity index (χ4v) is 1.76. The van der Waals surface area contributed by atoms with Crippen molar-refractivity contribution in [2.45, 2.75) is 6.04 Å². The van der Waals surface area contributed by atoms with E-state index in [0.717, 1.165) is 0 Å². The number of carbonyl (C=O) groups excluding carboxylic acids is 1. The van der Waals surface area contributed by atoms with Crippen molar-refractivity contribution in [2.75, 3.05) is 12.4 Å². The van der Waals surface area contributed by atoms with E-state index in [1.807, 2.05) is 0 Å². The molecule has 0 bridgehead atoms. The van der Waals surface area contributed by atoms with Crippen molar-refractivity contribution in [3.63, 3.8) is 0 Å². The van der Waals surface area contributed by atoms with Gasteiger partial charge >= 0.3 is 5.97 Å². The van der Waals surface area contributed by atoms with Crippen molar-refractivity contribution in [3.8, 4) is 0 Å². The minimum atomic E-state index is -0.786. The minimum Gasteiger partial charge on any atom is -0.467 e. The molecule has 0 amide bonds. The fraction of sp³-hybridized carbons (Fsp3) is 0.133. The summed E-state index contributed by atoms with van der Waals surface area (Å²) in [5, 5.41) is 2.93. The SMILES string of the molecule is COC(=O)C(Nc1ccc(F)cc1)c1ccc(F)cc1. The topological polar surface area (TPSA) is 38.3 Å². The van der Waals surface area contributed by atoms with Crippen molar-refractivity contribution in [1.29, 1.82) is 0 Å². The van der Waals surface area contributed by atoms with Gasteiger partial charge in [-0.1, -0.05) is 12.1 Å². The van der Waals surface area contributed by atoms with Gasteiger partial charge in [-0.2, -0.15) is 0 Å². The molecular weight excluding hydrogens is 264 g/mol. The molecule has 5 heteroatoms. The number of ether oxygens (including phenoxy) is 1. The van der Waals surface area contributed by atoms with Crippen LogP contribution in [0.3, 0.4) is 0 Å². The van der Waals surface area contributed by atoms with Crippen LogP contribution in [0, 0.1) is 11.6 Å². The predicted molar refractivity (Wildman–Crippen MR) is 71.2 cm³/mol.